The number of nitrogens with zero attached hydrogens (tertiary/aromatic N) is 2. The summed E-state index contributed by atoms with van der Waals surface area (Å²) in [5, 5.41) is 1.64. The van der Waals surface area contributed by atoms with Crippen molar-refractivity contribution in [2.24, 2.45) is 0 Å². The van der Waals surface area contributed by atoms with Crippen LogP contribution >= 0.6 is 0 Å². The average molecular weight is 489 g/mol. The molecule has 8 nitrogen and oxygen atoms in total. The Hall–Kier alpha value is -4.01. The summed E-state index contributed by atoms with van der Waals surface area (Å²) >= 11 is 0. The van der Waals surface area contributed by atoms with Gasteiger partial charge in [0.05, 0.1) is 31.9 Å². The summed E-state index contributed by atoms with van der Waals surface area (Å²) in [6.45, 7) is 2.20. The predicted molar refractivity (Wildman–Crippen MR) is 137 cm³/mol. The fourth-order valence-electron chi connectivity index (χ4n) is 4.30. The van der Waals surface area contributed by atoms with E-state index >= 15 is 0 Å². The Morgan fingerprint density at radius 2 is 1.64 bits per heavy atom. The molecule has 0 aliphatic rings. The standard InChI is InChI=1S/C28H28N2O6/c1-17-10-12-18(13-11-17)14-19(26(31)33-2)16-30-23-9-7-6-8-20(23)21-15-22(27(32)34-3)29-24(25(21)30)28(35-4)36-5/h6-15,28H,16H2,1-5H3/b19-14+. The number of carbonyl (C=O) groups excluding carboxylic acids is 2. The second-order valence-corrected chi connectivity index (χ2v) is 8.26. The van der Waals surface area contributed by atoms with Crippen LogP contribution in [0.5, 0.6) is 0 Å². The molecule has 2 heterocycles. The molecule has 0 amide bonds. The fraction of sp³-hybridized carbons (Fsp3) is 0.250. The van der Waals surface area contributed by atoms with Crippen LogP contribution in [0.4, 0.5) is 0 Å². The summed E-state index contributed by atoms with van der Waals surface area (Å²) in [6, 6.07) is 17.3. The summed E-state index contributed by atoms with van der Waals surface area (Å²) in [5.41, 5.74) is 4.49. The largest absolute Gasteiger partial charge is 0.466 e. The molecule has 0 spiro atoms. The van der Waals surface area contributed by atoms with E-state index in [1.54, 1.807) is 6.07 Å². The summed E-state index contributed by atoms with van der Waals surface area (Å²) in [7, 11) is 5.66. The van der Waals surface area contributed by atoms with Crippen LogP contribution in [-0.4, -0.2) is 49.9 Å². The maximum Gasteiger partial charge on any atom is 0.356 e. The Bertz CT molecular complexity index is 1450. The molecular formula is C28H28N2O6. The number of esters is 2. The van der Waals surface area contributed by atoms with Gasteiger partial charge >= 0.3 is 11.9 Å². The van der Waals surface area contributed by atoms with E-state index < -0.39 is 18.2 Å². The van der Waals surface area contributed by atoms with E-state index in [1.165, 1.54) is 28.4 Å². The number of para-hydroxylation sites is 1. The predicted octanol–water partition coefficient (Wildman–Crippen LogP) is 4.83. The van der Waals surface area contributed by atoms with Crippen molar-refractivity contribution in [2.45, 2.75) is 19.8 Å². The molecule has 0 radical (unpaired) electrons. The molecule has 2 aromatic carbocycles. The van der Waals surface area contributed by atoms with Gasteiger partial charge in [0, 0.05) is 30.5 Å². The van der Waals surface area contributed by atoms with Gasteiger partial charge in [-0.1, -0.05) is 48.0 Å². The van der Waals surface area contributed by atoms with Gasteiger partial charge in [0.15, 0.2) is 0 Å². The number of aromatic nitrogens is 2. The number of fused-ring (bicyclic) bond motifs is 3. The van der Waals surface area contributed by atoms with Crippen LogP contribution in [0.1, 0.15) is 33.6 Å². The zero-order chi connectivity index (χ0) is 25.8. The molecule has 0 saturated carbocycles. The lowest BCUT2D eigenvalue weighted by molar-refractivity contribution is -0.136. The molecule has 0 aliphatic heterocycles. The third-order valence-electron chi connectivity index (χ3n) is 6.01. The third-order valence-corrected chi connectivity index (χ3v) is 6.01. The Morgan fingerprint density at radius 1 is 0.944 bits per heavy atom. The fourth-order valence-corrected chi connectivity index (χ4v) is 4.30. The van der Waals surface area contributed by atoms with Crippen molar-refractivity contribution in [3.05, 3.63) is 82.7 Å². The van der Waals surface area contributed by atoms with E-state index in [0.717, 1.165) is 27.4 Å². The van der Waals surface area contributed by atoms with Crippen molar-refractivity contribution in [3.8, 4) is 0 Å². The van der Waals surface area contributed by atoms with Crippen LogP contribution in [0, 0.1) is 6.92 Å². The summed E-state index contributed by atoms with van der Waals surface area (Å²) < 4.78 is 23.1. The highest BCUT2D eigenvalue weighted by atomic mass is 16.7. The van der Waals surface area contributed by atoms with Gasteiger partial charge in [-0.3, -0.25) is 0 Å². The first-order valence-electron chi connectivity index (χ1n) is 11.3. The number of ether oxygens (including phenoxy) is 4. The van der Waals surface area contributed by atoms with Crippen molar-refractivity contribution >= 4 is 39.8 Å². The molecule has 0 aliphatic carbocycles. The zero-order valence-electron chi connectivity index (χ0n) is 20.9. The third kappa shape index (κ3) is 4.73. The maximum atomic E-state index is 12.9. The molecule has 0 N–H and O–H groups in total. The second kappa shape index (κ2) is 10.7. The van der Waals surface area contributed by atoms with Crippen molar-refractivity contribution in [1.82, 2.24) is 9.55 Å². The van der Waals surface area contributed by atoms with Gasteiger partial charge in [-0.2, -0.15) is 0 Å². The smallest absolute Gasteiger partial charge is 0.356 e. The van der Waals surface area contributed by atoms with Gasteiger partial charge in [0.25, 0.3) is 0 Å². The Kier molecular flexibility index (Phi) is 7.47. The first kappa shape index (κ1) is 25.1. The number of hydrogen-bond donors (Lipinski definition) is 0. The lowest BCUT2D eigenvalue weighted by Crippen LogP contribution is -2.15. The van der Waals surface area contributed by atoms with Crippen LogP contribution in [-0.2, 0) is 30.3 Å². The van der Waals surface area contributed by atoms with E-state index in [-0.39, 0.29) is 12.2 Å². The van der Waals surface area contributed by atoms with Crippen LogP contribution < -0.4 is 0 Å². The van der Waals surface area contributed by atoms with E-state index in [1.807, 2.05) is 66.1 Å². The monoisotopic (exact) mass is 488 g/mol. The first-order valence-corrected chi connectivity index (χ1v) is 11.3. The minimum absolute atomic E-state index is 0.130. The Labute approximate surface area is 209 Å². The summed E-state index contributed by atoms with van der Waals surface area (Å²) in [4.78, 5) is 29.9. The molecule has 36 heavy (non-hydrogen) atoms. The summed E-state index contributed by atoms with van der Waals surface area (Å²) in [6.07, 6.45) is 0.953. The SMILES string of the molecule is COC(=O)/C(=C/c1ccc(C)cc1)Cn1c2ccccc2c2cc(C(=O)OC)nc(C(OC)OC)c21. The van der Waals surface area contributed by atoms with Crippen molar-refractivity contribution in [3.63, 3.8) is 0 Å². The van der Waals surface area contributed by atoms with Gasteiger partial charge in [-0.05, 0) is 30.7 Å². The second-order valence-electron chi connectivity index (χ2n) is 8.26. The molecule has 0 bridgehead atoms. The molecular weight excluding hydrogens is 460 g/mol. The highest BCUT2D eigenvalue weighted by Gasteiger charge is 2.25. The molecule has 0 unspecified atom stereocenters. The van der Waals surface area contributed by atoms with Crippen molar-refractivity contribution < 1.29 is 28.5 Å². The first-order chi connectivity index (χ1) is 17.4. The van der Waals surface area contributed by atoms with E-state index in [9.17, 15) is 9.59 Å². The van der Waals surface area contributed by atoms with Gasteiger partial charge < -0.3 is 23.5 Å². The van der Waals surface area contributed by atoms with Gasteiger partial charge in [0.2, 0.25) is 6.29 Å². The number of hydrogen-bond acceptors (Lipinski definition) is 7. The number of methoxy groups -OCH3 is 4. The zero-order valence-corrected chi connectivity index (χ0v) is 20.9. The number of carbonyl (C=O) groups is 2. The van der Waals surface area contributed by atoms with E-state index in [0.29, 0.717) is 16.8 Å². The molecule has 0 fully saturated rings. The quantitative estimate of drug-likeness (QED) is 0.199. The van der Waals surface area contributed by atoms with Crippen LogP contribution in [0.3, 0.4) is 0 Å². The number of pyridine rings is 1. The molecule has 186 valence electrons. The lowest BCUT2D eigenvalue weighted by atomic mass is 10.1. The van der Waals surface area contributed by atoms with Crippen LogP contribution in [0.25, 0.3) is 27.9 Å². The molecule has 2 aromatic heterocycles. The highest BCUT2D eigenvalue weighted by molar-refractivity contribution is 6.11. The number of benzene rings is 2. The highest BCUT2D eigenvalue weighted by Crippen LogP contribution is 2.35. The topological polar surface area (TPSA) is 88.9 Å². The van der Waals surface area contributed by atoms with E-state index in [4.69, 9.17) is 18.9 Å². The lowest BCUT2D eigenvalue weighted by Gasteiger charge is -2.17. The van der Waals surface area contributed by atoms with Crippen molar-refractivity contribution in [1.29, 1.82) is 0 Å². The van der Waals surface area contributed by atoms with Gasteiger partial charge in [-0.25, -0.2) is 14.6 Å². The van der Waals surface area contributed by atoms with Gasteiger partial charge in [-0.15, -0.1) is 0 Å². The Balaban J connectivity index is 2.01. The molecule has 0 atom stereocenters. The molecule has 0 saturated heterocycles. The summed E-state index contributed by atoms with van der Waals surface area (Å²) in [5.74, 6) is -1.02. The minimum atomic E-state index is -0.858. The van der Waals surface area contributed by atoms with Crippen LogP contribution in [0.15, 0.2) is 60.2 Å². The number of rotatable bonds is 8. The van der Waals surface area contributed by atoms with E-state index in [2.05, 4.69) is 4.98 Å². The minimum Gasteiger partial charge on any atom is -0.466 e. The average Bonchev–Trinajstić information content (AvgIpc) is 3.22. The van der Waals surface area contributed by atoms with Crippen molar-refractivity contribution in [2.75, 3.05) is 28.4 Å². The van der Waals surface area contributed by atoms with Crippen LogP contribution in [0.2, 0.25) is 0 Å². The molecule has 4 rings (SSSR count). The van der Waals surface area contributed by atoms with Gasteiger partial charge in [0.1, 0.15) is 11.4 Å². The normalized spacial score (nSPS) is 11.9. The Morgan fingerprint density at radius 3 is 2.28 bits per heavy atom. The number of aryl methyl sites for hydroxylation is 1. The molecule has 4 aromatic rings. The molecule has 8 heteroatoms. The maximum absolute atomic E-state index is 12.9.